The Balaban J connectivity index is 1.71. The molecule has 5 heteroatoms. The van der Waals surface area contributed by atoms with Crippen LogP contribution in [0.1, 0.15) is 12.0 Å². The first-order valence-electron chi connectivity index (χ1n) is 6.68. The summed E-state index contributed by atoms with van der Waals surface area (Å²) in [6.07, 6.45) is 0.710. The molecule has 0 saturated heterocycles. The lowest BCUT2D eigenvalue weighted by molar-refractivity contribution is 0.246. The number of halogens is 2. The van der Waals surface area contributed by atoms with Gasteiger partial charge < -0.3 is 15.2 Å². The molecule has 0 fully saturated rings. The molecule has 0 bridgehead atoms. The fraction of sp³-hybridized carbons (Fsp3) is 0.250. The highest BCUT2D eigenvalue weighted by Gasteiger charge is 2.02. The summed E-state index contributed by atoms with van der Waals surface area (Å²) in [7, 11) is 0. The van der Waals surface area contributed by atoms with Crippen molar-refractivity contribution in [1.29, 1.82) is 0 Å². The molecule has 21 heavy (non-hydrogen) atoms. The van der Waals surface area contributed by atoms with E-state index in [4.69, 9.17) is 15.2 Å². The minimum absolute atomic E-state index is 0.315. The first kappa shape index (κ1) is 15.8. The molecule has 0 saturated carbocycles. The number of nitrogens with two attached hydrogens (primary N) is 1. The maximum atomic E-state index is 13.1. The van der Waals surface area contributed by atoms with Crippen LogP contribution >= 0.6 is 15.9 Å². The van der Waals surface area contributed by atoms with E-state index in [1.54, 1.807) is 6.07 Å². The Morgan fingerprint density at radius 2 is 1.71 bits per heavy atom. The average molecular weight is 354 g/mol. The van der Waals surface area contributed by atoms with Gasteiger partial charge in [-0.2, -0.15) is 0 Å². The number of hydrogen-bond acceptors (Lipinski definition) is 3. The summed E-state index contributed by atoms with van der Waals surface area (Å²) in [5.41, 5.74) is 6.60. The van der Waals surface area contributed by atoms with Crippen LogP contribution in [-0.2, 0) is 6.54 Å². The number of benzene rings is 2. The second-order valence-corrected chi connectivity index (χ2v) is 5.33. The highest BCUT2D eigenvalue weighted by Crippen LogP contribution is 2.25. The molecule has 2 N–H and O–H groups in total. The van der Waals surface area contributed by atoms with Gasteiger partial charge in [0.2, 0.25) is 0 Å². The molecular formula is C16H17BrFNO2. The molecule has 2 rings (SSSR count). The Morgan fingerprint density at radius 3 is 2.43 bits per heavy atom. The standard InChI is InChI=1S/C16H17BrFNO2/c17-15-7-4-13(18)10-16(15)21-9-1-8-20-14-5-2-12(11-19)3-6-14/h2-7,10H,1,8-9,11,19H2. The molecular weight excluding hydrogens is 337 g/mol. The highest BCUT2D eigenvalue weighted by molar-refractivity contribution is 9.10. The van der Waals surface area contributed by atoms with Gasteiger partial charge in [-0.1, -0.05) is 12.1 Å². The van der Waals surface area contributed by atoms with Gasteiger partial charge in [-0.05, 0) is 45.8 Å². The van der Waals surface area contributed by atoms with Gasteiger partial charge in [0.05, 0.1) is 17.7 Å². The van der Waals surface area contributed by atoms with Crippen molar-refractivity contribution < 1.29 is 13.9 Å². The summed E-state index contributed by atoms with van der Waals surface area (Å²) in [6, 6.07) is 12.0. The number of ether oxygens (including phenoxy) is 2. The van der Waals surface area contributed by atoms with Crippen LogP contribution in [0.2, 0.25) is 0 Å². The largest absolute Gasteiger partial charge is 0.493 e. The first-order valence-corrected chi connectivity index (χ1v) is 7.48. The second kappa shape index (κ2) is 8.00. The Hall–Kier alpha value is -1.59. The molecule has 2 aromatic carbocycles. The van der Waals surface area contributed by atoms with Gasteiger partial charge in [-0.3, -0.25) is 0 Å². The molecule has 0 aliphatic rings. The molecule has 0 amide bonds. The highest BCUT2D eigenvalue weighted by atomic mass is 79.9. The van der Waals surface area contributed by atoms with Gasteiger partial charge in [-0.25, -0.2) is 4.39 Å². The summed E-state index contributed by atoms with van der Waals surface area (Å²) in [6.45, 7) is 1.52. The zero-order chi connectivity index (χ0) is 15.1. The molecule has 0 heterocycles. The van der Waals surface area contributed by atoms with E-state index in [1.807, 2.05) is 24.3 Å². The summed E-state index contributed by atoms with van der Waals surface area (Å²) >= 11 is 3.32. The molecule has 0 radical (unpaired) electrons. The van der Waals surface area contributed by atoms with Gasteiger partial charge >= 0.3 is 0 Å². The smallest absolute Gasteiger partial charge is 0.136 e. The summed E-state index contributed by atoms with van der Waals surface area (Å²) in [5.74, 6) is 0.992. The molecule has 0 aliphatic heterocycles. The molecule has 2 aromatic rings. The van der Waals surface area contributed by atoms with Gasteiger partial charge in [-0.15, -0.1) is 0 Å². The maximum absolute atomic E-state index is 13.1. The minimum Gasteiger partial charge on any atom is -0.493 e. The van der Waals surface area contributed by atoms with E-state index in [0.717, 1.165) is 15.8 Å². The minimum atomic E-state index is -0.315. The Labute approximate surface area is 132 Å². The lowest BCUT2D eigenvalue weighted by Gasteiger charge is -2.09. The summed E-state index contributed by atoms with van der Waals surface area (Å²) in [4.78, 5) is 0. The van der Waals surface area contributed by atoms with Gasteiger partial charge in [0, 0.05) is 19.0 Å². The SMILES string of the molecule is NCc1ccc(OCCCOc2cc(F)ccc2Br)cc1. The second-order valence-electron chi connectivity index (χ2n) is 4.47. The van der Waals surface area contributed by atoms with E-state index in [2.05, 4.69) is 15.9 Å². The third-order valence-corrected chi connectivity index (χ3v) is 3.52. The first-order chi connectivity index (χ1) is 10.2. The van der Waals surface area contributed by atoms with E-state index in [1.165, 1.54) is 12.1 Å². The zero-order valence-corrected chi connectivity index (χ0v) is 13.1. The van der Waals surface area contributed by atoms with E-state index in [0.29, 0.717) is 31.9 Å². The van der Waals surface area contributed by atoms with Crippen molar-refractivity contribution >= 4 is 15.9 Å². The molecule has 0 spiro atoms. The molecule has 0 aromatic heterocycles. The van der Waals surface area contributed by atoms with Crippen molar-refractivity contribution in [3.8, 4) is 11.5 Å². The number of rotatable bonds is 7. The van der Waals surface area contributed by atoms with Crippen molar-refractivity contribution in [1.82, 2.24) is 0 Å². The number of hydrogen-bond donors (Lipinski definition) is 1. The van der Waals surface area contributed by atoms with Crippen molar-refractivity contribution in [2.24, 2.45) is 5.73 Å². The van der Waals surface area contributed by atoms with Crippen LogP contribution in [0, 0.1) is 5.82 Å². The van der Waals surface area contributed by atoms with E-state index in [-0.39, 0.29) is 5.82 Å². The van der Waals surface area contributed by atoms with Crippen LogP contribution in [0.4, 0.5) is 4.39 Å². The van der Waals surface area contributed by atoms with E-state index < -0.39 is 0 Å². The average Bonchev–Trinajstić information content (AvgIpc) is 2.51. The zero-order valence-electron chi connectivity index (χ0n) is 11.5. The predicted molar refractivity (Wildman–Crippen MR) is 84.0 cm³/mol. The molecule has 3 nitrogen and oxygen atoms in total. The van der Waals surface area contributed by atoms with Crippen molar-refractivity contribution in [2.45, 2.75) is 13.0 Å². The molecule has 0 atom stereocenters. The molecule has 0 unspecified atom stereocenters. The summed E-state index contributed by atoms with van der Waals surface area (Å²) in [5, 5.41) is 0. The Morgan fingerprint density at radius 1 is 1.00 bits per heavy atom. The van der Waals surface area contributed by atoms with Crippen molar-refractivity contribution in [3.63, 3.8) is 0 Å². The Bertz CT molecular complexity index is 575. The van der Waals surface area contributed by atoms with Crippen molar-refractivity contribution in [2.75, 3.05) is 13.2 Å². The van der Waals surface area contributed by atoms with Gasteiger partial charge in [0.1, 0.15) is 17.3 Å². The topological polar surface area (TPSA) is 44.5 Å². The van der Waals surface area contributed by atoms with E-state index >= 15 is 0 Å². The van der Waals surface area contributed by atoms with Gasteiger partial charge in [0.25, 0.3) is 0 Å². The van der Waals surface area contributed by atoms with Crippen molar-refractivity contribution in [3.05, 3.63) is 58.3 Å². The normalized spacial score (nSPS) is 10.4. The monoisotopic (exact) mass is 353 g/mol. The van der Waals surface area contributed by atoms with Crippen LogP contribution in [0.5, 0.6) is 11.5 Å². The van der Waals surface area contributed by atoms with Crippen LogP contribution in [0.25, 0.3) is 0 Å². The quantitative estimate of drug-likeness (QED) is 0.767. The van der Waals surface area contributed by atoms with Crippen LogP contribution < -0.4 is 15.2 Å². The van der Waals surface area contributed by atoms with Crippen LogP contribution in [-0.4, -0.2) is 13.2 Å². The fourth-order valence-electron chi connectivity index (χ4n) is 1.74. The van der Waals surface area contributed by atoms with E-state index in [9.17, 15) is 4.39 Å². The summed E-state index contributed by atoms with van der Waals surface area (Å²) < 4.78 is 24.9. The predicted octanol–water partition coefficient (Wildman–Crippen LogP) is 3.89. The maximum Gasteiger partial charge on any atom is 0.136 e. The van der Waals surface area contributed by atoms with Crippen LogP contribution in [0.3, 0.4) is 0 Å². The third kappa shape index (κ3) is 5.02. The fourth-order valence-corrected chi connectivity index (χ4v) is 2.10. The molecule has 112 valence electrons. The van der Waals surface area contributed by atoms with Gasteiger partial charge in [0.15, 0.2) is 0 Å². The third-order valence-electron chi connectivity index (χ3n) is 2.87. The molecule has 0 aliphatic carbocycles. The lowest BCUT2D eigenvalue weighted by Crippen LogP contribution is -2.05. The Kier molecular flexibility index (Phi) is 6.02. The lowest BCUT2D eigenvalue weighted by atomic mass is 10.2. The van der Waals surface area contributed by atoms with Crippen LogP contribution in [0.15, 0.2) is 46.9 Å².